The number of nitrogens with zero attached hydrogens (tertiary/aromatic N) is 1. The minimum atomic E-state index is 0. The van der Waals surface area contributed by atoms with Crippen LogP contribution in [0.25, 0.3) is 0 Å². The van der Waals surface area contributed by atoms with Gasteiger partial charge in [0.05, 0.1) is 7.11 Å². The molecule has 1 aromatic rings. The molecule has 0 aliphatic carbocycles. The fourth-order valence-electron chi connectivity index (χ4n) is 1.71. The van der Waals surface area contributed by atoms with Crippen molar-refractivity contribution in [3.05, 3.63) is 42.5 Å². The zero-order valence-corrected chi connectivity index (χ0v) is 14.5. The molecule has 0 spiro atoms. The van der Waals surface area contributed by atoms with Gasteiger partial charge >= 0.3 is 0 Å². The van der Waals surface area contributed by atoms with E-state index in [0.29, 0.717) is 13.1 Å². The van der Waals surface area contributed by atoms with E-state index in [1.54, 1.807) is 7.11 Å². The van der Waals surface area contributed by atoms with Crippen LogP contribution >= 0.6 is 24.0 Å². The number of nitrogens with one attached hydrogen (secondary N) is 2. The van der Waals surface area contributed by atoms with E-state index in [9.17, 15) is 0 Å². The summed E-state index contributed by atoms with van der Waals surface area (Å²) in [6, 6.07) is 8.03. The molecule has 1 aromatic carbocycles. The Kier molecular flexibility index (Phi) is 10.9. The fourth-order valence-corrected chi connectivity index (χ4v) is 1.71. The van der Waals surface area contributed by atoms with Crippen molar-refractivity contribution in [3.8, 4) is 5.75 Å². The van der Waals surface area contributed by atoms with Gasteiger partial charge in [0, 0.05) is 19.6 Å². The van der Waals surface area contributed by atoms with Crippen LogP contribution in [-0.2, 0) is 6.42 Å². The van der Waals surface area contributed by atoms with Crippen LogP contribution in [-0.4, -0.2) is 32.7 Å². The number of ether oxygens (including phenoxy) is 1. The third-order valence-corrected chi connectivity index (χ3v) is 2.60. The highest BCUT2D eigenvalue weighted by Gasteiger charge is 2.01. The molecule has 0 amide bonds. The van der Waals surface area contributed by atoms with E-state index >= 15 is 0 Å². The normalized spacial score (nSPS) is 10.4. The number of hydrogen-bond donors (Lipinski definition) is 2. The summed E-state index contributed by atoms with van der Waals surface area (Å²) in [4.78, 5) is 4.51. The molecule has 0 aromatic heterocycles. The molecule has 0 fully saturated rings. The summed E-state index contributed by atoms with van der Waals surface area (Å²) >= 11 is 0. The molecule has 0 heterocycles. The van der Waals surface area contributed by atoms with Crippen molar-refractivity contribution in [2.45, 2.75) is 13.3 Å². The first kappa shape index (κ1) is 18.8. The Balaban J connectivity index is 0.00000361. The van der Waals surface area contributed by atoms with Crippen LogP contribution in [0.5, 0.6) is 5.75 Å². The molecule has 0 unspecified atom stereocenters. The molecule has 0 atom stereocenters. The number of guanidine groups is 1. The zero-order valence-electron chi connectivity index (χ0n) is 12.2. The van der Waals surface area contributed by atoms with Crippen LogP contribution in [0.3, 0.4) is 0 Å². The van der Waals surface area contributed by atoms with E-state index in [-0.39, 0.29) is 24.0 Å². The summed E-state index contributed by atoms with van der Waals surface area (Å²) in [5, 5.41) is 6.37. The van der Waals surface area contributed by atoms with Gasteiger partial charge in [0.2, 0.25) is 0 Å². The molecular formula is C15H24IN3O. The molecule has 0 bridgehead atoms. The van der Waals surface area contributed by atoms with Crippen LogP contribution in [0, 0.1) is 0 Å². The Morgan fingerprint density at radius 3 is 2.75 bits per heavy atom. The van der Waals surface area contributed by atoms with Crippen LogP contribution in [0.1, 0.15) is 12.5 Å². The van der Waals surface area contributed by atoms with Crippen molar-refractivity contribution in [2.24, 2.45) is 4.99 Å². The van der Waals surface area contributed by atoms with Crippen LogP contribution in [0.2, 0.25) is 0 Å². The van der Waals surface area contributed by atoms with E-state index in [0.717, 1.165) is 24.7 Å². The minimum absolute atomic E-state index is 0. The lowest BCUT2D eigenvalue weighted by Crippen LogP contribution is -2.37. The van der Waals surface area contributed by atoms with E-state index in [1.165, 1.54) is 5.56 Å². The van der Waals surface area contributed by atoms with Crippen molar-refractivity contribution in [3.63, 3.8) is 0 Å². The first-order chi connectivity index (χ1) is 9.31. The predicted molar refractivity (Wildman–Crippen MR) is 96.3 cm³/mol. The van der Waals surface area contributed by atoms with Crippen molar-refractivity contribution in [2.75, 3.05) is 26.7 Å². The monoisotopic (exact) mass is 389 g/mol. The van der Waals surface area contributed by atoms with Gasteiger partial charge in [-0.2, -0.15) is 0 Å². The lowest BCUT2D eigenvalue weighted by Gasteiger charge is -2.10. The second-order valence-corrected chi connectivity index (χ2v) is 3.99. The highest BCUT2D eigenvalue weighted by Crippen LogP contribution is 2.17. The highest BCUT2D eigenvalue weighted by molar-refractivity contribution is 14.0. The van der Waals surface area contributed by atoms with Gasteiger partial charge in [0.25, 0.3) is 0 Å². The Morgan fingerprint density at radius 1 is 1.35 bits per heavy atom. The topological polar surface area (TPSA) is 45.7 Å². The molecule has 0 saturated heterocycles. The maximum absolute atomic E-state index is 5.32. The molecule has 0 radical (unpaired) electrons. The minimum Gasteiger partial charge on any atom is -0.496 e. The summed E-state index contributed by atoms with van der Waals surface area (Å²) in [5.41, 5.74) is 1.17. The Morgan fingerprint density at radius 2 is 2.10 bits per heavy atom. The summed E-state index contributed by atoms with van der Waals surface area (Å²) in [5.74, 6) is 1.74. The number of benzene rings is 1. The van der Waals surface area contributed by atoms with Gasteiger partial charge in [-0.1, -0.05) is 24.3 Å². The lowest BCUT2D eigenvalue weighted by molar-refractivity contribution is 0.410. The maximum atomic E-state index is 5.32. The first-order valence-electron chi connectivity index (χ1n) is 6.56. The third-order valence-electron chi connectivity index (χ3n) is 2.60. The summed E-state index contributed by atoms with van der Waals surface area (Å²) < 4.78 is 5.32. The second kappa shape index (κ2) is 11.6. The van der Waals surface area contributed by atoms with Crippen LogP contribution in [0.15, 0.2) is 41.9 Å². The largest absolute Gasteiger partial charge is 0.496 e. The average Bonchev–Trinajstić information content (AvgIpc) is 2.45. The van der Waals surface area contributed by atoms with E-state index in [4.69, 9.17) is 4.74 Å². The molecule has 20 heavy (non-hydrogen) atoms. The fraction of sp³-hybridized carbons (Fsp3) is 0.400. The number of methoxy groups -OCH3 is 1. The number of para-hydroxylation sites is 1. The van der Waals surface area contributed by atoms with Crippen molar-refractivity contribution in [1.82, 2.24) is 10.6 Å². The Bertz CT molecular complexity index is 421. The number of hydrogen-bond acceptors (Lipinski definition) is 2. The molecule has 1 rings (SSSR count). The van der Waals surface area contributed by atoms with Crippen LogP contribution < -0.4 is 15.4 Å². The molecule has 2 N–H and O–H groups in total. The lowest BCUT2D eigenvalue weighted by atomic mass is 10.1. The van der Waals surface area contributed by atoms with Gasteiger partial charge in [-0.25, -0.2) is 0 Å². The standard InChI is InChI=1S/C15H23N3O.HI/c1-4-11-17-15(16-5-2)18-12-10-13-8-6-7-9-14(13)19-3;/h4,6-9H,1,5,10-12H2,2-3H3,(H2,16,17,18);1H. The number of rotatable bonds is 7. The quantitative estimate of drug-likeness (QED) is 0.326. The number of aliphatic imine (C=N–C) groups is 1. The maximum Gasteiger partial charge on any atom is 0.191 e. The summed E-state index contributed by atoms with van der Waals surface area (Å²) in [6.45, 7) is 8.00. The molecule has 112 valence electrons. The molecular weight excluding hydrogens is 365 g/mol. The molecule has 0 aliphatic rings. The highest BCUT2D eigenvalue weighted by atomic mass is 127. The van der Waals surface area contributed by atoms with Gasteiger partial charge in [0.15, 0.2) is 5.96 Å². The summed E-state index contributed by atoms with van der Waals surface area (Å²) in [6.07, 6.45) is 2.67. The van der Waals surface area contributed by atoms with Gasteiger partial charge in [-0.3, -0.25) is 4.99 Å². The average molecular weight is 389 g/mol. The van der Waals surface area contributed by atoms with Gasteiger partial charge in [-0.15, -0.1) is 30.6 Å². The number of halogens is 1. The SMILES string of the molecule is C=CCNC(=NCCc1ccccc1OC)NCC.I. The van der Waals surface area contributed by atoms with Crippen molar-refractivity contribution < 1.29 is 4.74 Å². The third kappa shape index (κ3) is 6.79. The first-order valence-corrected chi connectivity index (χ1v) is 6.56. The summed E-state index contributed by atoms with van der Waals surface area (Å²) in [7, 11) is 1.69. The molecule has 4 nitrogen and oxygen atoms in total. The van der Waals surface area contributed by atoms with Gasteiger partial charge in [0.1, 0.15) is 5.75 Å². The predicted octanol–water partition coefficient (Wildman–Crippen LogP) is 2.60. The Labute approximate surface area is 138 Å². The molecule has 0 saturated carbocycles. The van der Waals surface area contributed by atoms with E-state index < -0.39 is 0 Å². The molecule has 5 heteroatoms. The Hall–Kier alpha value is -1.24. The van der Waals surface area contributed by atoms with E-state index in [2.05, 4.69) is 28.3 Å². The second-order valence-electron chi connectivity index (χ2n) is 3.99. The van der Waals surface area contributed by atoms with Crippen LogP contribution in [0.4, 0.5) is 0 Å². The van der Waals surface area contributed by atoms with Crippen molar-refractivity contribution in [1.29, 1.82) is 0 Å². The zero-order chi connectivity index (χ0) is 13.9. The van der Waals surface area contributed by atoms with Gasteiger partial charge in [-0.05, 0) is 25.0 Å². The van der Waals surface area contributed by atoms with Gasteiger partial charge < -0.3 is 15.4 Å². The smallest absolute Gasteiger partial charge is 0.191 e. The van der Waals surface area contributed by atoms with E-state index in [1.807, 2.05) is 31.2 Å². The molecule has 0 aliphatic heterocycles. The van der Waals surface area contributed by atoms with Crippen molar-refractivity contribution >= 4 is 29.9 Å².